The van der Waals surface area contributed by atoms with Gasteiger partial charge in [0, 0.05) is 75.4 Å². The zero-order chi connectivity index (χ0) is 95.3. The van der Waals surface area contributed by atoms with Gasteiger partial charge in [0.05, 0.1) is 146 Å². The van der Waals surface area contributed by atoms with Gasteiger partial charge in [0.1, 0.15) is 39.6 Å². The first-order valence-electron chi connectivity index (χ1n) is 43.6. The van der Waals surface area contributed by atoms with Crippen LogP contribution in [0.5, 0.6) is 0 Å². The minimum Gasteiger partial charge on any atom is -1.00 e. The van der Waals surface area contributed by atoms with Gasteiger partial charge in [-0.25, -0.2) is 32.4 Å². The molecule has 715 valence electrons. The van der Waals surface area contributed by atoms with Crippen molar-refractivity contribution in [3.63, 3.8) is 0 Å². The number of hydrogen-bond acceptors (Lipinski definition) is 27. The molecule has 43 heteroatoms. The number of nitrogens with one attached hydrogen (secondary N) is 5. The number of ether oxygens (including phenoxy) is 7. The number of carbonyl (C=O) groups excluding carboxylic acids is 7. The van der Waals surface area contributed by atoms with E-state index in [9.17, 15) is 50.4 Å². The van der Waals surface area contributed by atoms with Crippen molar-refractivity contribution in [2.45, 2.75) is 212 Å². The Labute approximate surface area is 844 Å². The molecule has 5 atom stereocenters. The van der Waals surface area contributed by atoms with Gasteiger partial charge in [-0.05, 0) is 131 Å². The maximum Gasteiger partial charge on any atom is 1.00 e. The molecule has 0 spiro atoms. The normalized spacial score (nSPS) is 15.4. The summed E-state index contributed by atoms with van der Waals surface area (Å²) in [6.45, 7) is 10.2. The molecule has 136 heavy (non-hydrogen) atoms. The average Bonchev–Trinajstić information content (AvgIpc) is 1.71. The van der Waals surface area contributed by atoms with E-state index in [1.165, 1.54) is 7.11 Å². The van der Waals surface area contributed by atoms with Crippen LogP contribution in [0.15, 0.2) is 183 Å². The molecule has 0 bridgehead atoms. The minimum absolute atomic E-state index is 0. The molecule has 5 aromatic carbocycles. The number of aryl methyl sites for hydroxylation is 2. The van der Waals surface area contributed by atoms with E-state index < -0.39 is 49.6 Å². The Kier molecular flexibility index (Phi) is 50.2. The Morgan fingerprint density at radius 3 is 0.949 bits per heavy atom. The van der Waals surface area contributed by atoms with Gasteiger partial charge in [0.15, 0.2) is 0 Å². The maximum atomic E-state index is 12.1. The van der Waals surface area contributed by atoms with E-state index in [0.29, 0.717) is 39.2 Å². The summed E-state index contributed by atoms with van der Waals surface area (Å²) < 4.78 is 90.8. The van der Waals surface area contributed by atoms with E-state index in [4.69, 9.17) is 54.8 Å². The summed E-state index contributed by atoms with van der Waals surface area (Å²) in [4.78, 5) is 83.5. The van der Waals surface area contributed by atoms with Crippen LogP contribution < -0.4 is 85.7 Å². The van der Waals surface area contributed by atoms with Crippen LogP contribution >= 0.6 is 10.7 Å². The number of esters is 2. The molecule has 5 aliphatic rings. The Morgan fingerprint density at radius 2 is 0.691 bits per heavy atom. The van der Waals surface area contributed by atoms with Gasteiger partial charge in [-0.2, -0.15) is 39.2 Å². The summed E-state index contributed by atoms with van der Waals surface area (Å²) in [5.74, 6) is -0.569. The van der Waals surface area contributed by atoms with Gasteiger partial charge in [-0.3, -0.25) is 37.2 Å². The first-order chi connectivity index (χ1) is 64.3. The van der Waals surface area contributed by atoms with Crippen LogP contribution in [0, 0.1) is 23.2 Å². The number of carbonyl (C=O) groups is 7. The van der Waals surface area contributed by atoms with E-state index in [1.807, 2.05) is 166 Å². The number of amides is 5. The number of benzene rings is 5. The van der Waals surface area contributed by atoms with Gasteiger partial charge < -0.3 is 78.1 Å². The number of nitrogens with zero attached hydrogens (tertiary/aromatic N) is 12. The Balaban J connectivity index is 0.000000295. The quantitative estimate of drug-likeness (QED) is 0.00688. The van der Waals surface area contributed by atoms with E-state index in [-0.39, 0.29) is 170 Å². The van der Waals surface area contributed by atoms with Gasteiger partial charge in [0.25, 0.3) is 10.1 Å². The summed E-state index contributed by atoms with van der Waals surface area (Å²) >= 11 is 0. The number of methoxy groups -OCH3 is 1. The van der Waals surface area contributed by atoms with E-state index in [1.54, 1.807) is 47.3 Å². The molecule has 0 fully saturated rings. The molecule has 0 saturated carbocycles. The van der Waals surface area contributed by atoms with Gasteiger partial charge in [-0.1, -0.05) is 152 Å². The molecular formula is C93H114BClN17Na2O20S2. The SMILES string of the molecule is CCOC(=O)Cn1ncc2c1CCC[C@H]2NC(=O)OCc1ccccc1.COC(=O)CCn1ncc2c1CCC[C@H]2NC(=O)OCc1ccccc1.CS(=O)(=O)Cl.CS(=O)(=O)OCCn1ncc2c1CCC[C@H]2NC(=O)OCc1ccccc1.N#CCCn1ncc2c1CCC[C@H]2NC(=O)OCc1ccccc1.O=C(N[C@@H]1CCCc2c1cnn2CCO)OCc1ccccc1.[B].[C-]#N.[H-].[Na+].[Na+]. The molecule has 6 N–H and O–H groups in total. The second-order valence-corrected chi connectivity index (χ2v) is 35.7. The zero-order valence-corrected chi connectivity index (χ0v) is 83.7. The molecule has 15 rings (SSSR count). The van der Waals surface area contributed by atoms with E-state index in [0.717, 1.165) is 193 Å². The fourth-order valence-corrected chi connectivity index (χ4v) is 15.8. The molecular weight excluding hydrogens is 1830 g/mol. The first kappa shape index (κ1) is 113. The molecule has 5 heterocycles. The monoisotopic (exact) mass is 1940 g/mol. The fraction of sp³-hybridized carbons (Fsp3) is 0.419. The largest absolute Gasteiger partial charge is 1.00 e. The zero-order valence-electron chi connectivity index (χ0n) is 78.3. The summed E-state index contributed by atoms with van der Waals surface area (Å²) in [6, 6.07) is 49.4. The third kappa shape index (κ3) is 38.6. The number of alkyl carbamates (subject to hydrolysis) is 5. The average molecular weight is 1950 g/mol. The number of nitriles is 1. The van der Waals surface area contributed by atoms with E-state index >= 15 is 0 Å². The van der Waals surface area contributed by atoms with Crippen LogP contribution in [0.3, 0.4) is 0 Å². The molecule has 3 radical (unpaired) electrons. The summed E-state index contributed by atoms with van der Waals surface area (Å²) in [7, 11) is -0.784. The minimum atomic E-state index is -3.47. The Morgan fingerprint density at radius 1 is 0.434 bits per heavy atom. The van der Waals surface area contributed by atoms with Crippen molar-refractivity contribution in [1.82, 2.24) is 75.5 Å². The smallest absolute Gasteiger partial charge is 1.00 e. The third-order valence-electron chi connectivity index (χ3n) is 21.5. The molecule has 5 aliphatic carbocycles. The Hall–Kier alpha value is -11.4. The van der Waals surface area contributed by atoms with Crippen molar-refractivity contribution in [2.24, 2.45) is 0 Å². The molecule has 10 aromatic rings. The maximum absolute atomic E-state index is 12.1. The van der Waals surface area contributed by atoms with E-state index in [2.05, 4.69) is 73.6 Å². The number of aliphatic hydroxyl groups is 1. The van der Waals surface area contributed by atoms with Crippen LogP contribution in [0.2, 0.25) is 0 Å². The van der Waals surface area contributed by atoms with Gasteiger partial charge in [-0.15, -0.1) is 0 Å². The predicted molar refractivity (Wildman–Crippen MR) is 492 cm³/mol. The third-order valence-corrected chi connectivity index (χ3v) is 22.1. The molecule has 0 saturated heterocycles. The fourth-order valence-electron chi connectivity index (χ4n) is 15.4. The van der Waals surface area contributed by atoms with Gasteiger partial charge >= 0.3 is 102 Å². The van der Waals surface area contributed by atoms with Crippen molar-refractivity contribution in [1.29, 1.82) is 10.5 Å². The summed E-state index contributed by atoms with van der Waals surface area (Å²) in [5, 5.41) is 60.3. The number of aromatic nitrogens is 10. The van der Waals surface area contributed by atoms with Crippen molar-refractivity contribution in [3.8, 4) is 6.07 Å². The molecule has 0 unspecified atom stereocenters. The second kappa shape index (κ2) is 60.2. The molecule has 37 nitrogen and oxygen atoms in total. The van der Waals surface area contributed by atoms with Crippen molar-refractivity contribution < 1.29 is 153 Å². The van der Waals surface area contributed by atoms with Crippen LogP contribution in [0.25, 0.3) is 0 Å². The number of aliphatic hydroxyl groups excluding tert-OH is 1. The predicted octanol–water partition coefficient (Wildman–Crippen LogP) is 6.96. The number of halogens is 1. The van der Waals surface area contributed by atoms with Crippen LogP contribution in [0.1, 0.15) is 200 Å². The number of hydrogen-bond donors (Lipinski definition) is 6. The van der Waals surface area contributed by atoms with Crippen molar-refractivity contribution in [2.75, 3.05) is 39.4 Å². The molecule has 0 aliphatic heterocycles. The van der Waals surface area contributed by atoms with Crippen molar-refractivity contribution in [3.05, 3.63) is 273 Å². The first-order valence-corrected chi connectivity index (χ1v) is 48.1. The second-order valence-electron chi connectivity index (χ2n) is 31.0. The number of fused-ring (bicyclic) bond motifs is 5. The Bertz CT molecular complexity index is 5670. The van der Waals surface area contributed by atoms with Gasteiger partial charge in [0.2, 0.25) is 9.05 Å². The molecule has 5 aromatic heterocycles. The van der Waals surface area contributed by atoms with Crippen LogP contribution in [-0.4, -0.2) is 161 Å². The van der Waals surface area contributed by atoms with Crippen LogP contribution in [0.4, 0.5) is 24.0 Å². The standard InChI is InChI=1S/2C19H23N3O4.C18H20N4O2.C18H23N3O5S.C17H21N3O3.CH3ClO2S.CN.B.2Na.H/c1-25-18(23)10-11-22-17-9-5-8-16(15(17)12-20-22)21-19(24)26-13-14-6-3-2-4-7-14;1-2-25-18(23)12-22-17-10-6-9-16(15(17)11-20-22)21-19(24)26-13-14-7-4-3-5-8-14;19-10-5-11-22-17-9-4-8-16(15(17)12-20-22)21-18(23)24-13-14-6-2-1-3-7-14;1-27(23,24)26-11-10-21-17-9-5-8-16(15(17)12-19-21)20-18(22)25-13-14-6-3-2-4-7-14;21-10-9-20-16-8-4-7-15(14(16)11-18-20)19-17(22)23-12-13-5-2-1-3-6-13;1-5(2,3)4;1-2;;;;/h2-4,6-7,12,16H,5,8-11,13H2,1H3,(H,21,24);3-5,7-8,11,16H,2,6,9-10,12-13H2,1H3,(H,21,24);1-3,6-7,12,16H,4-5,8-9,11,13H2,(H,21,23);2-4,6-7,12,16H,5,8-11,13H2,1H3,(H,20,22);1-3,5-6,11,15,21H,4,7-10,12H2,(H,19,22);1H3;;;;;/q;;;;;;-1;;2*+1;-1/t4*16-;15-;;;;;;/m11111....../s1. The number of rotatable bonds is 29. The summed E-state index contributed by atoms with van der Waals surface area (Å²) in [6.07, 6.45) is 22.6. The van der Waals surface area contributed by atoms with Crippen LogP contribution in [-0.2, 0) is 164 Å². The summed E-state index contributed by atoms with van der Waals surface area (Å²) in [5.41, 5.74) is 14.9. The van der Waals surface area contributed by atoms with Crippen molar-refractivity contribution >= 4 is 80.7 Å². The topological polar surface area (TPSA) is 479 Å². The molecule has 5 amide bonds.